The molecule has 1 N–H and O–H groups in total. The number of rotatable bonds is 9. The minimum Gasteiger partial charge on any atom is -0.469 e. The lowest BCUT2D eigenvalue weighted by Gasteiger charge is -2.19. The molecule has 2 aromatic carbocycles. The third-order valence-corrected chi connectivity index (χ3v) is 5.24. The summed E-state index contributed by atoms with van der Waals surface area (Å²) in [5.74, 6) is 0.889. The fraction of sp³-hybridized carbons (Fsp3) is 0.222. The average Bonchev–Trinajstić information content (AvgIpc) is 3.34. The van der Waals surface area contributed by atoms with Gasteiger partial charge in [-0.25, -0.2) is 14.8 Å². The van der Waals surface area contributed by atoms with E-state index in [0.29, 0.717) is 31.0 Å². The summed E-state index contributed by atoms with van der Waals surface area (Å²) in [6, 6.07) is 21.2. The summed E-state index contributed by atoms with van der Waals surface area (Å²) in [6.07, 6.45) is 4.24. The molecule has 6 nitrogen and oxygen atoms in total. The maximum atomic E-state index is 12.7. The smallest absolute Gasteiger partial charge is 0.329 e. The number of aryl methyl sites for hydroxylation is 1. The first kappa shape index (κ1) is 22.3. The van der Waals surface area contributed by atoms with Crippen molar-refractivity contribution >= 4 is 11.8 Å². The molecule has 2 heterocycles. The highest BCUT2D eigenvalue weighted by Crippen LogP contribution is 2.23. The number of aromatic nitrogens is 2. The van der Waals surface area contributed by atoms with Crippen molar-refractivity contribution in [1.82, 2.24) is 9.97 Å². The predicted octanol–water partition coefficient (Wildman–Crippen LogP) is 5.22. The molecule has 0 radical (unpaired) electrons. The lowest BCUT2D eigenvalue weighted by atomic mass is 10.1. The molecule has 2 aromatic heterocycles. The fourth-order valence-corrected chi connectivity index (χ4v) is 3.67. The van der Waals surface area contributed by atoms with Crippen molar-refractivity contribution in [3.63, 3.8) is 0 Å². The minimum absolute atomic E-state index is 0.296. The van der Waals surface area contributed by atoms with E-state index in [1.54, 1.807) is 25.5 Å². The molecule has 0 aliphatic rings. The van der Waals surface area contributed by atoms with Gasteiger partial charge >= 0.3 is 5.97 Å². The maximum Gasteiger partial charge on any atom is 0.329 e. The van der Waals surface area contributed by atoms with Gasteiger partial charge in [-0.2, -0.15) is 0 Å². The number of carbonyl (C=O) groups is 1. The van der Waals surface area contributed by atoms with Crippen LogP contribution in [0.2, 0.25) is 0 Å². The van der Waals surface area contributed by atoms with Crippen molar-refractivity contribution in [1.29, 1.82) is 0 Å². The van der Waals surface area contributed by atoms with Crippen LogP contribution in [0.4, 0.5) is 5.82 Å². The van der Waals surface area contributed by atoms with E-state index in [1.165, 1.54) is 5.56 Å². The van der Waals surface area contributed by atoms with Crippen LogP contribution >= 0.6 is 0 Å². The highest BCUT2D eigenvalue weighted by atomic mass is 16.5. The average molecular weight is 442 g/mol. The summed E-state index contributed by atoms with van der Waals surface area (Å²) < 4.78 is 10.8. The number of esters is 1. The molecule has 0 aliphatic heterocycles. The van der Waals surface area contributed by atoms with Crippen molar-refractivity contribution in [2.75, 3.05) is 11.9 Å². The third kappa shape index (κ3) is 5.86. The Balaban J connectivity index is 1.69. The Kier molecular flexibility index (Phi) is 7.15. The monoisotopic (exact) mass is 441 g/mol. The maximum absolute atomic E-state index is 12.7. The van der Waals surface area contributed by atoms with E-state index in [1.807, 2.05) is 42.5 Å². The number of nitrogens with one attached hydrogen (secondary N) is 1. The zero-order valence-electron chi connectivity index (χ0n) is 18.8. The SMILES string of the molecule is CCOC(=O)C(Cc1ccco1)Nc1ncc(-c2ccccc2)nc1Cc1cccc(C)c1. The Morgan fingerprint density at radius 1 is 1.09 bits per heavy atom. The van der Waals surface area contributed by atoms with Crippen LogP contribution in [0.5, 0.6) is 0 Å². The van der Waals surface area contributed by atoms with Gasteiger partial charge in [0.05, 0.1) is 30.5 Å². The van der Waals surface area contributed by atoms with Crippen molar-refractivity contribution < 1.29 is 13.9 Å². The first-order valence-electron chi connectivity index (χ1n) is 11.0. The van der Waals surface area contributed by atoms with Gasteiger partial charge in [-0.3, -0.25) is 0 Å². The van der Waals surface area contributed by atoms with E-state index >= 15 is 0 Å². The van der Waals surface area contributed by atoms with Crippen LogP contribution in [-0.4, -0.2) is 28.6 Å². The van der Waals surface area contributed by atoms with Crippen LogP contribution in [0.25, 0.3) is 11.3 Å². The van der Waals surface area contributed by atoms with Crippen LogP contribution in [0, 0.1) is 6.92 Å². The summed E-state index contributed by atoms with van der Waals surface area (Å²) >= 11 is 0. The lowest BCUT2D eigenvalue weighted by Crippen LogP contribution is -2.34. The van der Waals surface area contributed by atoms with Crippen molar-refractivity contribution in [3.05, 3.63) is 102 Å². The van der Waals surface area contributed by atoms with E-state index in [4.69, 9.17) is 14.1 Å². The molecule has 1 unspecified atom stereocenters. The predicted molar refractivity (Wildman–Crippen MR) is 128 cm³/mol. The topological polar surface area (TPSA) is 77.2 Å². The Hall–Kier alpha value is -3.93. The molecular formula is C27H27N3O3. The number of benzene rings is 2. The molecule has 6 heteroatoms. The van der Waals surface area contributed by atoms with Crippen LogP contribution in [0.3, 0.4) is 0 Å². The molecule has 33 heavy (non-hydrogen) atoms. The van der Waals surface area contributed by atoms with Crippen LogP contribution in [0.15, 0.2) is 83.6 Å². The molecule has 0 aliphatic carbocycles. The molecule has 0 amide bonds. The van der Waals surface area contributed by atoms with Gasteiger partial charge in [-0.05, 0) is 31.5 Å². The van der Waals surface area contributed by atoms with Gasteiger partial charge in [0.15, 0.2) is 0 Å². The number of nitrogens with zero attached hydrogens (tertiary/aromatic N) is 2. The van der Waals surface area contributed by atoms with Crippen molar-refractivity contribution in [2.24, 2.45) is 0 Å². The van der Waals surface area contributed by atoms with Crippen molar-refractivity contribution in [2.45, 2.75) is 32.7 Å². The minimum atomic E-state index is -0.649. The number of furan rings is 1. The van der Waals surface area contributed by atoms with Gasteiger partial charge in [0.1, 0.15) is 17.6 Å². The highest BCUT2D eigenvalue weighted by molar-refractivity contribution is 5.79. The Labute approximate surface area is 193 Å². The summed E-state index contributed by atoms with van der Waals surface area (Å²) in [6.45, 7) is 4.15. The first-order valence-corrected chi connectivity index (χ1v) is 11.0. The van der Waals surface area contributed by atoms with E-state index in [9.17, 15) is 4.79 Å². The largest absolute Gasteiger partial charge is 0.469 e. The van der Waals surface area contributed by atoms with Crippen LogP contribution in [0.1, 0.15) is 29.5 Å². The second-order valence-electron chi connectivity index (χ2n) is 7.81. The Morgan fingerprint density at radius 3 is 2.67 bits per heavy atom. The third-order valence-electron chi connectivity index (χ3n) is 5.24. The standard InChI is InChI=1S/C27H27N3O3/c1-3-32-27(31)24(17-22-13-8-14-33-22)30-26-23(16-20-10-7-9-19(2)15-20)29-25(18-28-26)21-11-5-4-6-12-21/h4-15,18,24H,3,16-17H2,1-2H3,(H,28,30). The molecule has 0 spiro atoms. The molecule has 0 saturated carbocycles. The molecule has 0 fully saturated rings. The molecule has 4 rings (SSSR count). The second kappa shape index (κ2) is 10.6. The summed E-state index contributed by atoms with van der Waals surface area (Å²) in [5.41, 5.74) is 4.82. The van der Waals surface area contributed by atoms with E-state index in [2.05, 4.69) is 35.4 Å². The van der Waals surface area contributed by atoms with Gasteiger partial charge in [0.25, 0.3) is 0 Å². The fourth-order valence-electron chi connectivity index (χ4n) is 3.67. The van der Waals surface area contributed by atoms with Gasteiger partial charge in [-0.15, -0.1) is 0 Å². The normalized spacial score (nSPS) is 11.7. The molecule has 4 aromatic rings. The zero-order chi connectivity index (χ0) is 23.0. The summed E-state index contributed by atoms with van der Waals surface area (Å²) in [7, 11) is 0. The highest BCUT2D eigenvalue weighted by Gasteiger charge is 2.24. The number of hydrogen-bond acceptors (Lipinski definition) is 6. The van der Waals surface area contributed by atoms with Gasteiger partial charge in [0.2, 0.25) is 0 Å². The molecule has 0 bridgehead atoms. The molecule has 1 atom stereocenters. The lowest BCUT2D eigenvalue weighted by molar-refractivity contribution is -0.144. The molecule has 0 saturated heterocycles. The summed E-state index contributed by atoms with van der Waals surface area (Å²) in [5, 5.41) is 3.28. The van der Waals surface area contributed by atoms with Gasteiger partial charge < -0.3 is 14.5 Å². The van der Waals surface area contributed by atoms with Crippen molar-refractivity contribution in [3.8, 4) is 11.3 Å². The number of ether oxygens (including phenoxy) is 1. The quantitative estimate of drug-likeness (QED) is 0.359. The number of hydrogen-bond donors (Lipinski definition) is 1. The Morgan fingerprint density at radius 2 is 1.94 bits per heavy atom. The molecular weight excluding hydrogens is 414 g/mol. The number of carbonyl (C=O) groups excluding carboxylic acids is 1. The Bertz CT molecular complexity index is 1190. The van der Waals surface area contributed by atoms with Crippen LogP contribution in [-0.2, 0) is 22.4 Å². The van der Waals surface area contributed by atoms with Gasteiger partial charge in [-0.1, -0.05) is 60.2 Å². The van der Waals surface area contributed by atoms with E-state index < -0.39 is 6.04 Å². The van der Waals surface area contributed by atoms with Crippen LogP contribution < -0.4 is 5.32 Å². The zero-order valence-corrected chi connectivity index (χ0v) is 18.8. The first-order chi connectivity index (χ1) is 16.1. The van der Waals surface area contributed by atoms with E-state index in [-0.39, 0.29) is 5.97 Å². The van der Waals surface area contributed by atoms with Gasteiger partial charge in [0, 0.05) is 18.4 Å². The number of anilines is 1. The second-order valence-corrected chi connectivity index (χ2v) is 7.81. The molecule has 168 valence electrons. The summed E-state index contributed by atoms with van der Waals surface area (Å²) in [4.78, 5) is 22.3. The van der Waals surface area contributed by atoms with E-state index in [0.717, 1.165) is 22.5 Å².